The van der Waals surface area contributed by atoms with Crippen molar-refractivity contribution in [2.45, 2.75) is 24.6 Å². The van der Waals surface area contributed by atoms with Gasteiger partial charge in [-0.2, -0.15) is 0 Å². The van der Waals surface area contributed by atoms with E-state index in [9.17, 15) is 4.79 Å². The zero-order valence-corrected chi connectivity index (χ0v) is 6.56. The molecule has 0 aromatic carbocycles. The van der Waals surface area contributed by atoms with Gasteiger partial charge in [-0.15, -0.1) is 11.6 Å². The number of aryl methyl sites for hydroxylation is 1. The largest absolute Gasteiger partial charge is 0.519 e. The molecular formula is C7H7ClO3. The number of hydrogen-bond donors (Lipinski definition) is 0. The summed E-state index contributed by atoms with van der Waals surface area (Å²) >= 11 is 5.87. The Balaban J connectivity index is 2.52. The van der Waals surface area contributed by atoms with Crippen LogP contribution in [0.3, 0.4) is 0 Å². The minimum atomic E-state index is -0.637. The monoisotopic (exact) mass is 174 g/mol. The van der Waals surface area contributed by atoms with E-state index in [0.29, 0.717) is 11.5 Å². The van der Waals surface area contributed by atoms with Crippen LogP contribution in [0.2, 0.25) is 0 Å². The van der Waals surface area contributed by atoms with Gasteiger partial charge in [0, 0.05) is 6.42 Å². The SMILES string of the molecule is O=c1oc2c(o1)C(Cl)CCC2. The molecule has 1 heterocycles. The van der Waals surface area contributed by atoms with Crippen molar-refractivity contribution in [1.29, 1.82) is 0 Å². The Morgan fingerprint density at radius 2 is 2.27 bits per heavy atom. The van der Waals surface area contributed by atoms with Crippen LogP contribution in [0.15, 0.2) is 13.6 Å². The van der Waals surface area contributed by atoms with Gasteiger partial charge in [0.1, 0.15) is 0 Å². The van der Waals surface area contributed by atoms with Crippen molar-refractivity contribution in [3.63, 3.8) is 0 Å². The van der Waals surface area contributed by atoms with Crippen LogP contribution in [0.4, 0.5) is 0 Å². The van der Waals surface area contributed by atoms with Crippen LogP contribution in [0.5, 0.6) is 0 Å². The lowest BCUT2D eigenvalue weighted by molar-refractivity contribution is 0.369. The van der Waals surface area contributed by atoms with E-state index in [1.165, 1.54) is 0 Å². The zero-order valence-electron chi connectivity index (χ0n) is 5.80. The number of fused-ring (bicyclic) bond motifs is 1. The van der Waals surface area contributed by atoms with Crippen molar-refractivity contribution < 1.29 is 8.83 Å². The molecule has 1 aromatic rings. The predicted molar refractivity (Wildman–Crippen MR) is 38.8 cm³/mol. The van der Waals surface area contributed by atoms with Crippen LogP contribution < -0.4 is 5.82 Å². The summed E-state index contributed by atoms with van der Waals surface area (Å²) in [6, 6.07) is 0. The van der Waals surface area contributed by atoms with Gasteiger partial charge in [-0.05, 0) is 12.8 Å². The predicted octanol–water partition coefficient (Wildman–Crippen LogP) is 1.85. The van der Waals surface area contributed by atoms with Gasteiger partial charge in [-0.25, -0.2) is 4.79 Å². The molecule has 0 saturated carbocycles. The molecule has 0 bridgehead atoms. The van der Waals surface area contributed by atoms with Crippen molar-refractivity contribution in [3.8, 4) is 0 Å². The first kappa shape index (κ1) is 6.98. The average Bonchev–Trinajstić information content (AvgIpc) is 2.31. The second-order valence-corrected chi connectivity index (χ2v) is 3.13. The molecule has 4 heteroatoms. The van der Waals surface area contributed by atoms with E-state index >= 15 is 0 Å². The highest BCUT2D eigenvalue weighted by molar-refractivity contribution is 6.20. The molecule has 0 N–H and O–H groups in total. The summed E-state index contributed by atoms with van der Waals surface area (Å²) in [6.07, 6.45) is 2.59. The fourth-order valence-electron chi connectivity index (χ4n) is 1.30. The molecule has 1 unspecified atom stereocenters. The molecule has 0 spiro atoms. The molecule has 0 fully saturated rings. The van der Waals surface area contributed by atoms with Crippen molar-refractivity contribution in [2.24, 2.45) is 0 Å². The van der Waals surface area contributed by atoms with E-state index in [0.717, 1.165) is 19.3 Å². The van der Waals surface area contributed by atoms with E-state index < -0.39 is 5.82 Å². The molecule has 60 valence electrons. The fraction of sp³-hybridized carbons (Fsp3) is 0.571. The Kier molecular flexibility index (Phi) is 1.53. The Labute approximate surface area is 67.9 Å². The Hall–Kier alpha value is -0.700. The number of alkyl halides is 1. The normalized spacial score (nSPS) is 23.2. The molecular weight excluding hydrogens is 168 g/mol. The van der Waals surface area contributed by atoms with E-state index in [1.807, 2.05) is 0 Å². The lowest BCUT2D eigenvalue weighted by atomic mass is 10.0. The summed E-state index contributed by atoms with van der Waals surface area (Å²) in [6.45, 7) is 0. The third-order valence-electron chi connectivity index (χ3n) is 1.82. The number of rotatable bonds is 0. The topological polar surface area (TPSA) is 43.4 Å². The lowest BCUT2D eigenvalue weighted by Crippen LogP contribution is -2.01. The van der Waals surface area contributed by atoms with Crippen LogP contribution in [-0.4, -0.2) is 0 Å². The van der Waals surface area contributed by atoms with Gasteiger partial charge in [-0.3, -0.25) is 0 Å². The molecule has 0 saturated heterocycles. The summed E-state index contributed by atoms with van der Waals surface area (Å²) < 4.78 is 9.53. The molecule has 2 rings (SSSR count). The second kappa shape index (κ2) is 2.41. The van der Waals surface area contributed by atoms with E-state index in [2.05, 4.69) is 0 Å². The van der Waals surface area contributed by atoms with Gasteiger partial charge in [-0.1, -0.05) is 0 Å². The minimum absolute atomic E-state index is 0.176. The fourth-order valence-corrected chi connectivity index (χ4v) is 1.62. The minimum Gasteiger partial charge on any atom is -0.396 e. The molecule has 1 aliphatic carbocycles. The van der Waals surface area contributed by atoms with E-state index in [-0.39, 0.29) is 5.38 Å². The highest BCUT2D eigenvalue weighted by Crippen LogP contribution is 2.33. The van der Waals surface area contributed by atoms with Gasteiger partial charge >= 0.3 is 5.82 Å². The van der Waals surface area contributed by atoms with Gasteiger partial charge in [0.2, 0.25) is 0 Å². The van der Waals surface area contributed by atoms with Gasteiger partial charge in [0.05, 0.1) is 5.38 Å². The third-order valence-corrected chi connectivity index (χ3v) is 2.24. The Morgan fingerprint density at radius 1 is 1.45 bits per heavy atom. The third kappa shape index (κ3) is 1.09. The molecule has 1 aromatic heterocycles. The molecule has 3 nitrogen and oxygen atoms in total. The summed E-state index contributed by atoms with van der Waals surface area (Å²) in [5.41, 5.74) is 0. The first-order valence-corrected chi connectivity index (χ1v) is 3.98. The molecule has 11 heavy (non-hydrogen) atoms. The Morgan fingerprint density at radius 3 is 3.00 bits per heavy atom. The number of hydrogen-bond acceptors (Lipinski definition) is 3. The van der Waals surface area contributed by atoms with Crippen LogP contribution in [-0.2, 0) is 6.42 Å². The molecule has 1 atom stereocenters. The highest BCUT2D eigenvalue weighted by Gasteiger charge is 2.24. The van der Waals surface area contributed by atoms with Gasteiger partial charge in [0.15, 0.2) is 11.5 Å². The van der Waals surface area contributed by atoms with Crippen molar-refractivity contribution in [3.05, 3.63) is 22.1 Å². The first-order valence-electron chi connectivity index (χ1n) is 3.54. The summed E-state index contributed by atoms with van der Waals surface area (Å²) in [7, 11) is 0. The number of halogens is 1. The van der Waals surface area contributed by atoms with E-state index in [4.69, 9.17) is 20.4 Å². The highest BCUT2D eigenvalue weighted by atomic mass is 35.5. The molecule has 1 aliphatic rings. The molecule has 0 amide bonds. The molecule has 0 radical (unpaired) electrons. The maximum atomic E-state index is 10.6. The summed E-state index contributed by atoms with van der Waals surface area (Å²) in [5, 5.41) is -0.176. The van der Waals surface area contributed by atoms with Crippen molar-refractivity contribution in [1.82, 2.24) is 0 Å². The van der Waals surface area contributed by atoms with Crippen LogP contribution in [0.1, 0.15) is 29.7 Å². The second-order valence-electron chi connectivity index (χ2n) is 2.60. The summed E-state index contributed by atoms with van der Waals surface area (Å²) in [4.78, 5) is 10.6. The zero-order chi connectivity index (χ0) is 7.84. The maximum absolute atomic E-state index is 10.6. The standard InChI is InChI=1S/C7H7ClO3/c8-4-2-1-3-5-6(4)11-7(9)10-5/h4H,1-3H2. The van der Waals surface area contributed by atoms with E-state index in [1.54, 1.807) is 0 Å². The summed E-state index contributed by atoms with van der Waals surface area (Å²) in [5.74, 6) is 0.520. The smallest absolute Gasteiger partial charge is 0.396 e. The van der Waals surface area contributed by atoms with Crippen LogP contribution in [0.25, 0.3) is 0 Å². The first-order chi connectivity index (χ1) is 5.27. The van der Waals surface area contributed by atoms with Gasteiger partial charge in [0.25, 0.3) is 0 Å². The van der Waals surface area contributed by atoms with Crippen LogP contribution >= 0.6 is 11.6 Å². The lowest BCUT2D eigenvalue weighted by Gasteiger charge is -2.11. The average molecular weight is 175 g/mol. The molecule has 0 aliphatic heterocycles. The van der Waals surface area contributed by atoms with Crippen LogP contribution in [0, 0.1) is 0 Å². The van der Waals surface area contributed by atoms with Crippen molar-refractivity contribution in [2.75, 3.05) is 0 Å². The maximum Gasteiger partial charge on any atom is 0.519 e. The van der Waals surface area contributed by atoms with Crippen molar-refractivity contribution >= 4 is 11.6 Å². The van der Waals surface area contributed by atoms with Gasteiger partial charge < -0.3 is 8.83 Å². The quantitative estimate of drug-likeness (QED) is 0.564. The Bertz CT molecular complexity index is 312.